The summed E-state index contributed by atoms with van der Waals surface area (Å²) in [6, 6.07) is 54.7. The molecule has 2 heterocycles. The molecule has 0 aliphatic rings. The van der Waals surface area contributed by atoms with Crippen LogP contribution in [0.1, 0.15) is 5.56 Å². The zero-order valence-electron chi connectivity index (χ0n) is 26.3. The van der Waals surface area contributed by atoms with Crippen molar-refractivity contribution in [1.82, 2.24) is 15.0 Å². The molecule has 9 rings (SSSR count). The lowest BCUT2D eigenvalue weighted by Crippen LogP contribution is -2.00. The van der Waals surface area contributed by atoms with E-state index in [1.165, 1.54) is 21.9 Å². The minimum absolute atomic E-state index is 0.612. The summed E-state index contributed by atoms with van der Waals surface area (Å²) in [6.45, 7) is 2.07. The molecule has 0 spiro atoms. The van der Waals surface area contributed by atoms with Crippen molar-refractivity contribution >= 4 is 32.7 Å². The van der Waals surface area contributed by atoms with E-state index >= 15 is 0 Å². The minimum Gasteiger partial charge on any atom is -0.456 e. The van der Waals surface area contributed by atoms with E-state index in [1.807, 2.05) is 48.5 Å². The fourth-order valence-electron chi connectivity index (χ4n) is 6.55. The van der Waals surface area contributed by atoms with Gasteiger partial charge in [0.1, 0.15) is 11.2 Å². The molecule has 0 amide bonds. The van der Waals surface area contributed by atoms with Crippen LogP contribution in [0.15, 0.2) is 162 Å². The van der Waals surface area contributed by atoms with Gasteiger partial charge in [0.15, 0.2) is 17.5 Å². The van der Waals surface area contributed by atoms with Crippen LogP contribution in [0.4, 0.5) is 0 Å². The summed E-state index contributed by atoms with van der Waals surface area (Å²) in [4.78, 5) is 15.2. The number of furan rings is 1. The summed E-state index contributed by atoms with van der Waals surface area (Å²) >= 11 is 0. The van der Waals surface area contributed by atoms with Gasteiger partial charge in [-0.05, 0) is 63.7 Å². The second-order valence-electron chi connectivity index (χ2n) is 12.1. The number of hydrogen-bond donors (Lipinski definition) is 0. The maximum atomic E-state index is 6.32. The monoisotopic (exact) mass is 615 g/mol. The number of fused-ring (bicyclic) bond motifs is 4. The average Bonchev–Trinajstić information content (AvgIpc) is 3.56. The molecule has 7 aromatic carbocycles. The summed E-state index contributed by atoms with van der Waals surface area (Å²) in [5.74, 6) is 1.86. The number of aryl methyl sites for hydroxylation is 1. The highest BCUT2D eigenvalue weighted by atomic mass is 16.3. The minimum atomic E-state index is 0.612. The van der Waals surface area contributed by atoms with Crippen molar-refractivity contribution in [3.8, 4) is 56.4 Å². The third kappa shape index (κ3) is 4.91. The third-order valence-corrected chi connectivity index (χ3v) is 9.05. The summed E-state index contributed by atoms with van der Waals surface area (Å²) in [6.07, 6.45) is 0. The summed E-state index contributed by atoms with van der Waals surface area (Å²) in [5.41, 5.74) is 10.2. The van der Waals surface area contributed by atoms with Gasteiger partial charge < -0.3 is 4.42 Å². The predicted octanol–water partition coefficient (Wildman–Crippen LogP) is 11.6. The molecule has 0 saturated carbocycles. The Kier molecular flexibility index (Phi) is 6.65. The topological polar surface area (TPSA) is 51.8 Å². The van der Waals surface area contributed by atoms with Crippen molar-refractivity contribution in [3.05, 3.63) is 163 Å². The van der Waals surface area contributed by atoms with Crippen molar-refractivity contribution in [2.45, 2.75) is 6.92 Å². The van der Waals surface area contributed by atoms with Gasteiger partial charge in [-0.3, -0.25) is 0 Å². The Bertz CT molecular complexity index is 2620. The molecule has 0 bridgehead atoms. The van der Waals surface area contributed by atoms with Crippen molar-refractivity contribution in [3.63, 3.8) is 0 Å². The molecular formula is C44H29N3O. The van der Waals surface area contributed by atoms with Gasteiger partial charge in [0, 0.05) is 27.5 Å². The Morgan fingerprint density at radius 3 is 1.83 bits per heavy atom. The van der Waals surface area contributed by atoms with Crippen LogP contribution in [0.25, 0.3) is 89.1 Å². The lowest BCUT2D eigenvalue weighted by Gasteiger charge is -2.11. The zero-order chi connectivity index (χ0) is 32.0. The molecule has 0 N–H and O–H groups in total. The van der Waals surface area contributed by atoms with E-state index in [2.05, 4.69) is 116 Å². The van der Waals surface area contributed by atoms with Gasteiger partial charge in [-0.2, -0.15) is 0 Å². The van der Waals surface area contributed by atoms with Crippen LogP contribution in [0.3, 0.4) is 0 Å². The largest absolute Gasteiger partial charge is 0.456 e. The van der Waals surface area contributed by atoms with Crippen LogP contribution < -0.4 is 0 Å². The summed E-state index contributed by atoms with van der Waals surface area (Å²) in [7, 11) is 0. The number of rotatable bonds is 5. The summed E-state index contributed by atoms with van der Waals surface area (Å²) in [5, 5.41) is 4.55. The van der Waals surface area contributed by atoms with Gasteiger partial charge in [-0.25, -0.2) is 15.0 Å². The van der Waals surface area contributed by atoms with Crippen molar-refractivity contribution < 1.29 is 4.42 Å². The summed E-state index contributed by atoms with van der Waals surface area (Å²) < 4.78 is 6.32. The molecule has 48 heavy (non-hydrogen) atoms. The number of aromatic nitrogens is 3. The van der Waals surface area contributed by atoms with E-state index in [0.717, 1.165) is 55.3 Å². The Morgan fingerprint density at radius 1 is 0.417 bits per heavy atom. The van der Waals surface area contributed by atoms with Crippen molar-refractivity contribution in [2.75, 3.05) is 0 Å². The van der Waals surface area contributed by atoms with Crippen LogP contribution >= 0.6 is 0 Å². The standard InChI is InChI=1S/C44H29N3O/c1-28-18-25-38(40-37-16-7-8-17-39(37)48-41(28)40)44-46-42(32-11-3-2-4-12-32)45-43(47-44)36-15-9-14-34(27-36)30-19-21-31(22-20-30)35-24-23-29-10-5-6-13-33(29)26-35/h2-27H,1H3. The first-order chi connectivity index (χ1) is 23.7. The second-order valence-corrected chi connectivity index (χ2v) is 12.1. The Labute approximate surface area is 278 Å². The first kappa shape index (κ1) is 27.9. The number of nitrogens with zero attached hydrogens (tertiary/aromatic N) is 3. The zero-order valence-corrected chi connectivity index (χ0v) is 26.3. The van der Waals surface area contributed by atoms with Gasteiger partial charge in [0.05, 0.1) is 0 Å². The second kappa shape index (κ2) is 11.4. The average molecular weight is 616 g/mol. The molecule has 0 atom stereocenters. The molecule has 4 nitrogen and oxygen atoms in total. The molecule has 0 radical (unpaired) electrons. The molecule has 0 aliphatic heterocycles. The number of hydrogen-bond acceptors (Lipinski definition) is 4. The maximum Gasteiger partial charge on any atom is 0.164 e. The van der Waals surface area contributed by atoms with Gasteiger partial charge in [-0.1, -0.05) is 140 Å². The highest BCUT2D eigenvalue weighted by molar-refractivity contribution is 6.12. The molecule has 0 unspecified atom stereocenters. The molecule has 4 heteroatoms. The Hall–Kier alpha value is -6.39. The van der Waals surface area contributed by atoms with Crippen LogP contribution in [0.5, 0.6) is 0 Å². The van der Waals surface area contributed by atoms with E-state index < -0.39 is 0 Å². The van der Waals surface area contributed by atoms with E-state index in [0.29, 0.717) is 17.5 Å². The molecule has 0 aliphatic carbocycles. The molecule has 2 aromatic heterocycles. The van der Waals surface area contributed by atoms with Crippen LogP contribution in [0.2, 0.25) is 0 Å². The molecule has 0 fully saturated rings. The first-order valence-corrected chi connectivity index (χ1v) is 16.1. The molecule has 226 valence electrons. The van der Waals surface area contributed by atoms with E-state index in [9.17, 15) is 0 Å². The van der Waals surface area contributed by atoms with E-state index in [4.69, 9.17) is 19.4 Å². The van der Waals surface area contributed by atoms with Crippen LogP contribution in [0, 0.1) is 6.92 Å². The van der Waals surface area contributed by atoms with E-state index in [1.54, 1.807) is 0 Å². The van der Waals surface area contributed by atoms with Crippen molar-refractivity contribution in [2.24, 2.45) is 0 Å². The third-order valence-electron chi connectivity index (χ3n) is 9.05. The smallest absolute Gasteiger partial charge is 0.164 e. The van der Waals surface area contributed by atoms with Crippen molar-refractivity contribution in [1.29, 1.82) is 0 Å². The first-order valence-electron chi connectivity index (χ1n) is 16.1. The maximum absolute atomic E-state index is 6.32. The van der Waals surface area contributed by atoms with E-state index in [-0.39, 0.29) is 0 Å². The fraction of sp³-hybridized carbons (Fsp3) is 0.0227. The molecule has 0 saturated heterocycles. The van der Waals surface area contributed by atoms with Crippen LogP contribution in [-0.2, 0) is 0 Å². The lowest BCUT2D eigenvalue weighted by atomic mass is 9.97. The quantitative estimate of drug-likeness (QED) is 0.193. The number of benzene rings is 7. The molecule has 9 aromatic rings. The fourth-order valence-corrected chi connectivity index (χ4v) is 6.55. The highest BCUT2D eigenvalue weighted by Gasteiger charge is 2.19. The lowest BCUT2D eigenvalue weighted by molar-refractivity contribution is 0.666. The predicted molar refractivity (Wildman–Crippen MR) is 197 cm³/mol. The van der Waals surface area contributed by atoms with Gasteiger partial charge in [0.2, 0.25) is 0 Å². The van der Waals surface area contributed by atoms with Gasteiger partial charge in [-0.15, -0.1) is 0 Å². The SMILES string of the molecule is Cc1ccc(-c2nc(-c3ccccc3)nc(-c3cccc(-c4ccc(-c5ccc6ccccc6c5)cc4)c3)n2)c2c1oc1ccccc12. The van der Waals surface area contributed by atoms with Gasteiger partial charge >= 0.3 is 0 Å². The highest BCUT2D eigenvalue weighted by Crippen LogP contribution is 2.38. The van der Waals surface area contributed by atoms with Gasteiger partial charge in [0.25, 0.3) is 0 Å². The number of para-hydroxylation sites is 1. The Balaban J connectivity index is 1.15. The molecular weight excluding hydrogens is 587 g/mol. The Morgan fingerprint density at radius 2 is 1.02 bits per heavy atom. The van der Waals surface area contributed by atoms with Crippen LogP contribution in [-0.4, -0.2) is 15.0 Å². The normalized spacial score (nSPS) is 11.4.